The van der Waals surface area contributed by atoms with E-state index in [0.29, 0.717) is 31.0 Å². The van der Waals surface area contributed by atoms with Gasteiger partial charge in [0.25, 0.3) is 0 Å². The highest BCUT2D eigenvalue weighted by Gasteiger charge is 2.22. The first kappa shape index (κ1) is 15.2. The zero-order chi connectivity index (χ0) is 15.2. The zero-order valence-electron chi connectivity index (χ0n) is 12.3. The third-order valence-corrected chi connectivity index (χ3v) is 3.09. The number of carbonyl (C=O) groups excluding carboxylic acids is 2. The first-order valence-electron chi connectivity index (χ1n) is 7.07. The number of nitrogens with zero attached hydrogens (tertiary/aromatic N) is 3. The Labute approximate surface area is 123 Å². The third kappa shape index (κ3) is 4.11. The number of aromatic nitrogens is 1. The van der Waals surface area contributed by atoms with Crippen LogP contribution in [0.2, 0.25) is 0 Å². The van der Waals surface area contributed by atoms with E-state index in [1.165, 1.54) is 5.01 Å². The quantitative estimate of drug-likeness (QED) is 0.610. The molecule has 6 nitrogen and oxygen atoms in total. The number of hydrogen-bond donors (Lipinski definition) is 0. The number of hydrogen-bond acceptors (Lipinski definition) is 5. The molecular formula is C15H19N3O3. The average molecular weight is 289 g/mol. The monoisotopic (exact) mass is 289 g/mol. The predicted molar refractivity (Wildman–Crippen MR) is 77.7 cm³/mol. The molecule has 0 atom stereocenters. The van der Waals surface area contributed by atoms with Gasteiger partial charge in [-0.3, -0.25) is 14.6 Å². The summed E-state index contributed by atoms with van der Waals surface area (Å²) in [6.07, 6.45) is 1.29. The van der Waals surface area contributed by atoms with Crippen molar-refractivity contribution in [2.75, 3.05) is 13.2 Å². The lowest BCUT2D eigenvalue weighted by molar-refractivity contribution is -0.141. The van der Waals surface area contributed by atoms with Gasteiger partial charge in [-0.05, 0) is 32.4 Å². The first-order valence-corrected chi connectivity index (χ1v) is 7.07. The maximum Gasteiger partial charge on any atom is 0.312 e. The summed E-state index contributed by atoms with van der Waals surface area (Å²) < 4.78 is 4.96. The summed E-state index contributed by atoms with van der Waals surface area (Å²) in [6, 6.07) is 5.50. The fourth-order valence-electron chi connectivity index (χ4n) is 2.11. The van der Waals surface area contributed by atoms with Crippen molar-refractivity contribution >= 4 is 17.6 Å². The summed E-state index contributed by atoms with van der Waals surface area (Å²) >= 11 is 0. The minimum absolute atomic E-state index is 0.00801. The van der Waals surface area contributed by atoms with Crippen LogP contribution in [-0.4, -0.2) is 40.7 Å². The van der Waals surface area contributed by atoms with Gasteiger partial charge in [-0.1, -0.05) is 6.07 Å². The van der Waals surface area contributed by atoms with Crippen molar-refractivity contribution in [3.05, 3.63) is 29.6 Å². The second-order valence-corrected chi connectivity index (χ2v) is 4.81. The maximum atomic E-state index is 11.7. The topological polar surface area (TPSA) is 71.9 Å². The molecule has 6 heteroatoms. The highest BCUT2D eigenvalue weighted by atomic mass is 16.5. The molecule has 112 valence electrons. The van der Waals surface area contributed by atoms with Gasteiger partial charge >= 0.3 is 5.97 Å². The number of ether oxygens (including phenoxy) is 1. The number of rotatable bonds is 5. The number of amides is 1. The van der Waals surface area contributed by atoms with E-state index in [-0.39, 0.29) is 18.3 Å². The van der Waals surface area contributed by atoms with E-state index < -0.39 is 0 Å². The molecule has 1 aliphatic heterocycles. The molecule has 1 aromatic heterocycles. The van der Waals surface area contributed by atoms with Crippen LogP contribution in [-0.2, 0) is 14.3 Å². The van der Waals surface area contributed by atoms with E-state index in [0.717, 1.165) is 12.1 Å². The van der Waals surface area contributed by atoms with Crippen molar-refractivity contribution in [1.82, 2.24) is 9.99 Å². The number of carbonyl (C=O) groups is 2. The fraction of sp³-hybridized carbons (Fsp3) is 0.467. The van der Waals surface area contributed by atoms with E-state index in [4.69, 9.17) is 4.74 Å². The van der Waals surface area contributed by atoms with Crippen LogP contribution in [0.5, 0.6) is 0 Å². The molecule has 2 rings (SSSR count). The van der Waals surface area contributed by atoms with Gasteiger partial charge in [0.2, 0.25) is 5.91 Å². The molecule has 0 radical (unpaired) electrons. The number of aryl methyl sites for hydroxylation is 1. The Bertz CT molecular complexity index is 569. The van der Waals surface area contributed by atoms with E-state index in [1.807, 2.05) is 19.1 Å². The molecule has 0 unspecified atom stereocenters. The Hall–Kier alpha value is -2.24. The van der Waals surface area contributed by atoms with Crippen molar-refractivity contribution < 1.29 is 14.3 Å². The maximum absolute atomic E-state index is 11.7. The van der Waals surface area contributed by atoms with Gasteiger partial charge in [-0.2, -0.15) is 5.10 Å². The molecule has 0 bridgehead atoms. The van der Waals surface area contributed by atoms with Crippen molar-refractivity contribution in [2.45, 2.75) is 33.1 Å². The van der Waals surface area contributed by atoms with Crippen LogP contribution in [0.25, 0.3) is 0 Å². The summed E-state index contributed by atoms with van der Waals surface area (Å²) in [5.41, 5.74) is 1.90. The summed E-state index contributed by atoms with van der Waals surface area (Å²) in [5, 5.41) is 5.74. The third-order valence-electron chi connectivity index (χ3n) is 3.09. The zero-order valence-corrected chi connectivity index (χ0v) is 12.3. The molecule has 1 fully saturated rings. The summed E-state index contributed by atoms with van der Waals surface area (Å²) in [5.74, 6) is -0.393. The molecule has 0 spiro atoms. The molecule has 0 aliphatic carbocycles. The Morgan fingerprint density at radius 1 is 1.48 bits per heavy atom. The summed E-state index contributed by atoms with van der Waals surface area (Å²) in [7, 11) is 0. The smallest absolute Gasteiger partial charge is 0.312 e. The van der Waals surface area contributed by atoms with Gasteiger partial charge in [0.15, 0.2) is 0 Å². The van der Waals surface area contributed by atoms with Gasteiger partial charge in [-0.25, -0.2) is 5.01 Å². The lowest BCUT2D eigenvalue weighted by Gasteiger charge is -2.12. The second kappa shape index (κ2) is 6.97. The van der Waals surface area contributed by atoms with Crippen molar-refractivity contribution in [3.63, 3.8) is 0 Å². The highest BCUT2D eigenvalue weighted by molar-refractivity contribution is 6.08. The van der Waals surface area contributed by atoms with Crippen LogP contribution >= 0.6 is 0 Å². The Morgan fingerprint density at radius 3 is 2.90 bits per heavy atom. The van der Waals surface area contributed by atoms with Gasteiger partial charge in [-0.15, -0.1) is 0 Å². The van der Waals surface area contributed by atoms with E-state index >= 15 is 0 Å². The second-order valence-electron chi connectivity index (χ2n) is 4.81. The van der Waals surface area contributed by atoms with E-state index in [9.17, 15) is 9.59 Å². The molecule has 21 heavy (non-hydrogen) atoms. The van der Waals surface area contributed by atoms with Crippen LogP contribution in [0, 0.1) is 6.92 Å². The van der Waals surface area contributed by atoms with Crippen LogP contribution in [0.4, 0.5) is 0 Å². The molecule has 2 heterocycles. The minimum atomic E-state index is -0.369. The van der Waals surface area contributed by atoms with Crippen LogP contribution in [0.3, 0.4) is 0 Å². The first-order chi connectivity index (χ1) is 10.1. The van der Waals surface area contributed by atoms with Crippen molar-refractivity contribution in [1.29, 1.82) is 0 Å². The Balaban J connectivity index is 2.27. The number of pyridine rings is 1. The van der Waals surface area contributed by atoms with Gasteiger partial charge in [0.1, 0.15) is 0 Å². The Kier molecular flexibility index (Phi) is 5.03. The SMILES string of the molecule is CCOC(=O)C/C(=N\N1CCCC1=O)c1cccc(C)n1. The van der Waals surface area contributed by atoms with Crippen LogP contribution in [0.15, 0.2) is 23.3 Å². The fourth-order valence-corrected chi connectivity index (χ4v) is 2.11. The van der Waals surface area contributed by atoms with E-state index in [2.05, 4.69) is 10.1 Å². The summed E-state index contributed by atoms with van der Waals surface area (Å²) in [4.78, 5) is 27.8. The molecule has 1 aliphatic rings. The lowest BCUT2D eigenvalue weighted by atomic mass is 10.1. The minimum Gasteiger partial charge on any atom is -0.466 e. The molecule has 1 amide bonds. The Morgan fingerprint density at radius 2 is 2.29 bits per heavy atom. The number of esters is 1. The standard InChI is InChI=1S/C15H19N3O3/c1-3-21-15(20)10-13(12-7-4-6-11(2)16-12)17-18-9-5-8-14(18)19/h4,6-7H,3,5,8-10H2,1-2H3/b17-13+. The summed E-state index contributed by atoms with van der Waals surface area (Å²) in [6.45, 7) is 4.52. The molecule has 1 aromatic rings. The predicted octanol–water partition coefficient (Wildman–Crippen LogP) is 1.67. The van der Waals surface area contributed by atoms with Crippen molar-refractivity contribution in [3.8, 4) is 0 Å². The normalized spacial score (nSPS) is 15.4. The lowest BCUT2D eigenvalue weighted by Crippen LogP contribution is -2.23. The van der Waals surface area contributed by atoms with Gasteiger partial charge in [0, 0.05) is 18.7 Å². The largest absolute Gasteiger partial charge is 0.466 e. The highest BCUT2D eigenvalue weighted by Crippen LogP contribution is 2.13. The molecule has 0 saturated carbocycles. The van der Waals surface area contributed by atoms with Crippen LogP contribution in [0.1, 0.15) is 37.6 Å². The average Bonchev–Trinajstić information content (AvgIpc) is 2.84. The van der Waals surface area contributed by atoms with Crippen LogP contribution < -0.4 is 0 Å². The molecular weight excluding hydrogens is 270 g/mol. The van der Waals surface area contributed by atoms with Gasteiger partial charge in [0.05, 0.1) is 24.4 Å². The molecule has 0 N–H and O–H groups in total. The number of hydrazone groups is 1. The molecule has 1 saturated heterocycles. The van der Waals surface area contributed by atoms with Crippen molar-refractivity contribution in [2.24, 2.45) is 5.10 Å². The van der Waals surface area contributed by atoms with Gasteiger partial charge < -0.3 is 4.74 Å². The van der Waals surface area contributed by atoms with E-state index in [1.54, 1.807) is 13.0 Å². The molecule has 0 aromatic carbocycles.